The Bertz CT molecular complexity index is 1360. The highest BCUT2D eigenvalue weighted by Crippen LogP contribution is 2.39. The molecule has 2 aromatic rings. The van der Waals surface area contributed by atoms with Crippen LogP contribution in [0.1, 0.15) is 24.8 Å². The highest BCUT2D eigenvalue weighted by Gasteiger charge is 2.41. The van der Waals surface area contributed by atoms with E-state index in [-0.39, 0.29) is 29.2 Å². The van der Waals surface area contributed by atoms with Gasteiger partial charge < -0.3 is 19.6 Å². The summed E-state index contributed by atoms with van der Waals surface area (Å²) in [5.41, 5.74) is 0.441. The predicted molar refractivity (Wildman–Crippen MR) is 133 cm³/mol. The van der Waals surface area contributed by atoms with Crippen molar-refractivity contribution in [2.45, 2.75) is 47.6 Å². The van der Waals surface area contributed by atoms with E-state index >= 15 is 0 Å². The van der Waals surface area contributed by atoms with E-state index in [0.29, 0.717) is 49.4 Å². The van der Waals surface area contributed by atoms with Crippen molar-refractivity contribution in [2.75, 3.05) is 26.8 Å². The van der Waals surface area contributed by atoms with Gasteiger partial charge in [0, 0.05) is 19.7 Å². The summed E-state index contributed by atoms with van der Waals surface area (Å²) in [4.78, 5) is 24.9. The van der Waals surface area contributed by atoms with E-state index in [1.54, 1.807) is 24.3 Å². The summed E-state index contributed by atoms with van der Waals surface area (Å²) < 4.78 is 65.3. The third-order valence-corrected chi connectivity index (χ3v) is 9.74. The first-order valence-corrected chi connectivity index (χ1v) is 14.8. The monoisotopic (exact) mass is 551 g/mol. The topological polar surface area (TPSA) is 148 Å². The zero-order valence-corrected chi connectivity index (χ0v) is 21.9. The lowest BCUT2D eigenvalue weighted by atomic mass is 10.0. The van der Waals surface area contributed by atoms with Crippen molar-refractivity contribution < 1.29 is 35.9 Å². The normalized spacial score (nSPS) is 19.4. The molecule has 0 aliphatic carbocycles. The molecule has 37 heavy (non-hydrogen) atoms. The molecule has 0 bridgehead atoms. The Morgan fingerprint density at radius 3 is 2.49 bits per heavy atom. The van der Waals surface area contributed by atoms with Crippen molar-refractivity contribution in [1.82, 2.24) is 14.3 Å². The van der Waals surface area contributed by atoms with Gasteiger partial charge in [-0.1, -0.05) is 18.2 Å². The summed E-state index contributed by atoms with van der Waals surface area (Å²) in [5, 5.41) is 2.62. The van der Waals surface area contributed by atoms with E-state index in [9.17, 15) is 26.4 Å². The van der Waals surface area contributed by atoms with Crippen LogP contribution in [0, 0.1) is 0 Å². The second kappa shape index (κ2) is 11.2. The first-order chi connectivity index (χ1) is 17.6. The van der Waals surface area contributed by atoms with E-state index in [1.165, 1.54) is 25.2 Å². The molecule has 0 spiro atoms. The minimum atomic E-state index is -3.97. The van der Waals surface area contributed by atoms with Gasteiger partial charge in [0.1, 0.15) is 25.5 Å². The number of benzene rings is 2. The zero-order chi connectivity index (χ0) is 26.6. The number of nitrogens with one attached hydrogen (secondary N) is 2. The van der Waals surface area contributed by atoms with Gasteiger partial charge in [-0.25, -0.2) is 21.6 Å². The molecule has 0 saturated carbocycles. The van der Waals surface area contributed by atoms with Crippen molar-refractivity contribution in [3.63, 3.8) is 0 Å². The molecule has 0 unspecified atom stereocenters. The van der Waals surface area contributed by atoms with Gasteiger partial charge in [-0.05, 0) is 49.4 Å². The maximum absolute atomic E-state index is 13.1. The van der Waals surface area contributed by atoms with E-state index < -0.39 is 38.0 Å². The van der Waals surface area contributed by atoms with Crippen LogP contribution in [-0.2, 0) is 36.1 Å². The van der Waals surface area contributed by atoms with Crippen LogP contribution in [0.25, 0.3) is 0 Å². The molecule has 2 aromatic carbocycles. The zero-order valence-electron chi connectivity index (χ0n) is 20.3. The van der Waals surface area contributed by atoms with Crippen LogP contribution in [0.15, 0.2) is 52.3 Å². The number of nitrogens with zero attached hydrogens (tertiary/aromatic N) is 1. The van der Waals surface area contributed by atoms with Gasteiger partial charge in [-0.15, -0.1) is 0 Å². The Labute approximate surface area is 216 Å². The van der Waals surface area contributed by atoms with Crippen LogP contribution >= 0.6 is 0 Å². The van der Waals surface area contributed by atoms with Crippen molar-refractivity contribution in [1.29, 1.82) is 0 Å². The third kappa shape index (κ3) is 5.95. The predicted octanol–water partition coefficient (Wildman–Crippen LogP) is 0.836. The summed E-state index contributed by atoms with van der Waals surface area (Å²) in [6.07, 6.45) is 1.90. The minimum Gasteiger partial charge on any atom is -0.486 e. The molecular weight excluding hydrogens is 522 g/mol. The lowest BCUT2D eigenvalue weighted by Crippen LogP contribution is -2.53. The molecule has 2 heterocycles. The van der Waals surface area contributed by atoms with Crippen molar-refractivity contribution in [3.05, 3.63) is 48.0 Å². The number of unbranched alkanes of at least 4 members (excludes halogenated alkanes) is 1. The maximum Gasteiger partial charge on any atom is 0.243 e. The van der Waals surface area contributed by atoms with E-state index in [4.69, 9.17) is 9.47 Å². The molecule has 200 valence electrons. The summed E-state index contributed by atoms with van der Waals surface area (Å²) in [7, 11) is -6.26. The largest absolute Gasteiger partial charge is 0.486 e. The number of rotatable bonds is 10. The number of carbonyl (C=O) groups excluding carboxylic acids is 2. The summed E-state index contributed by atoms with van der Waals surface area (Å²) >= 11 is 0. The number of hydrogen-bond acceptors (Lipinski definition) is 8. The number of carbonyl (C=O) groups is 2. The van der Waals surface area contributed by atoms with Gasteiger partial charge in [0.2, 0.25) is 26.0 Å². The van der Waals surface area contributed by atoms with Crippen molar-refractivity contribution in [2.24, 2.45) is 0 Å². The van der Waals surface area contributed by atoms with Gasteiger partial charge in [0.15, 0.2) is 11.5 Å². The van der Waals surface area contributed by atoms with Crippen LogP contribution in [0.4, 0.5) is 0 Å². The standard InChI is InChI=1S/C24H29N3O8S2/c1-27-20(13-17-14-21-22(35-12-11-34-21)15-23(17)37(27,32)33)24(29)26-18(16-28)7-5-6-10-25-36(30,31)19-8-3-2-4-9-19/h2-4,8-9,14-16,18,20,25H,5-7,10-13H2,1H3,(H,26,29)/t18-,20-/m0/s1. The van der Waals surface area contributed by atoms with E-state index in [2.05, 4.69) is 10.0 Å². The first kappa shape index (κ1) is 27.0. The van der Waals surface area contributed by atoms with E-state index in [1.807, 2.05) is 0 Å². The fourth-order valence-electron chi connectivity index (χ4n) is 4.26. The molecule has 0 fully saturated rings. The smallest absolute Gasteiger partial charge is 0.243 e. The number of aldehydes is 1. The van der Waals surface area contributed by atoms with Gasteiger partial charge in [-0.2, -0.15) is 4.31 Å². The molecule has 2 atom stereocenters. The molecule has 2 N–H and O–H groups in total. The Morgan fingerprint density at radius 1 is 1.14 bits per heavy atom. The highest BCUT2D eigenvalue weighted by molar-refractivity contribution is 7.89. The molecule has 1 amide bonds. The Hall–Kier alpha value is -3.00. The second-order valence-corrected chi connectivity index (χ2v) is 12.5. The number of likely N-dealkylation sites (N-methyl/N-ethyl adjacent to an activating group) is 1. The summed E-state index contributed by atoms with van der Waals surface area (Å²) in [5.74, 6) is 0.183. The van der Waals surface area contributed by atoms with Gasteiger partial charge in [-0.3, -0.25) is 4.79 Å². The van der Waals surface area contributed by atoms with Crippen molar-refractivity contribution >= 4 is 32.2 Å². The molecule has 11 nitrogen and oxygen atoms in total. The first-order valence-electron chi connectivity index (χ1n) is 11.8. The molecule has 0 aromatic heterocycles. The van der Waals surface area contributed by atoms with Crippen LogP contribution in [0.2, 0.25) is 0 Å². The molecular formula is C24H29N3O8S2. The van der Waals surface area contributed by atoms with E-state index in [0.717, 1.165) is 4.31 Å². The Morgan fingerprint density at radius 2 is 1.81 bits per heavy atom. The molecule has 2 aliphatic rings. The number of hydrogen-bond donors (Lipinski definition) is 2. The third-order valence-electron chi connectivity index (χ3n) is 6.32. The SMILES string of the molecule is CN1[C@H](C(=O)N[C@H](C=O)CCCCNS(=O)(=O)c2ccccc2)Cc2cc3c(cc2S1(=O)=O)OCCO3. The fourth-order valence-corrected chi connectivity index (χ4v) is 6.90. The van der Waals surface area contributed by atoms with Gasteiger partial charge >= 0.3 is 0 Å². The lowest BCUT2D eigenvalue weighted by molar-refractivity contribution is -0.127. The maximum atomic E-state index is 13.1. The molecule has 2 aliphatic heterocycles. The van der Waals surface area contributed by atoms with Crippen LogP contribution in [0.5, 0.6) is 11.5 Å². The van der Waals surface area contributed by atoms with Crippen LogP contribution < -0.4 is 19.5 Å². The number of fused-ring (bicyclic) bond motifs is 2. The second-order valence-electron chi connectivity index (χ2n) is 8.80. The Balaban J connectivity index is 1.33. The average Bonchev–Trinajstić information content (AvgIpc) is 2.89. The van der Waals surface area contributed by atoms with Crippen molar-refractivity contribution in [3.8, 4) is 11.5 Å². The quantitative estimate of drug-likeness (QED) is 0.326. The van der Waals surface area contributed by atoms with Crippen LogP contribution in [-0.4, -0.2) is 72.2 Å². The molecule has 4 rings (SSSR count). The lowest BCUT2D eigenvalue weighted by Gasteiger charge is -2.34. The Kier molecular flexibility index (Phi) is 8.17. The molecule has 0 radical (unpaired) electrons. The summed E-state index contributed by atoms with van der Waals surface area (Å²) in [6, 6.07) is 9.11. The molecule has 0 saturated heterocycles. The van der Waals surface area contributed by atoms with Gasteiger partial charge in [0.25, 0.3) is 0 Å². The minimum absolute atomic E-state index is 0.0631. The highest BCUT2D eigenvalue weighted by atomic mass is 32.2. The fraction of sp³-hybridized carbons (Fsp3) is 0.417. The average molecular weight is 552 g/mol. The summed E-state index contributed by atoms with van der Waals surface area (Å²) in [6.45, 7) is 0.836. The number of amides is 1. The van der Waals surface area contributed by atoms with Gasteiger partial charge in [0.05, 0.1) is 15.8 Å². The number of sulfonamides is 2. The number of ether oxygens (including phenoxy) is 2. The van der Waals surface area contributed by atoms with Crippen LogP contribution in [0.3, 0.4) is 0 Å². The molecule has 13 heteroatoms.